The molecule has 0 spiro atoms. The van der Waals surface area contributed by atoms with E-state index < -0.39 is 0 Å². The molecule has 2 aliphatic heterocycles. The summed E-state index contributed by atoms with van der Waals surface area (Å²) in [5.74, 6) is 0.779. The van der Waals surface area contributed by atoms with Crippen LogP contribution >= 0.6 is 0 Å². The fraction of sp³-hybridized carbons (Fsp3) is 0.833. The highest BCUT2D eigenvalue weighted by atomic mass is 16.5. The molecule has 0 aromatic rings. The van der Waals surface area contributed by atoms with Crippen LogP contribution in [0.25, 0.3) is 0 Å². The number of nitrogens with one attached hydrogen (secondary N) is 1. The molecule has 0 aromatic heterocycles. The number of hydrogen-bond acceptors (Lipinski definition) is 2. The Morgan fingerprint density at radius 1 is 1.36 bits per heavy atom. The first-order valence-electron chi connectivity index (χ1n) is 5.88. The first-order chi connectivity index (χ1) is 6.86. The van der Waals surface area contributed by atoms with Gasteiger partial charge in [0.25, 0.3) is 0 Å². The topological polar surface area (TPSA) is 21.3 Å². The van der Waals surface area contributed by atoms with Gasteiger partial charge >= 0.3 is 0 Å². The highest BCUT2D eigenvalue weighted by Crippen LogP contribution is 2.22. The normalized spacial score (nSPS) is 33.5. The molecule has 2 saturated heterocycles. The molecule has 1 atom stereocenters. The molecule has 2 aliphatic rings. The molecule has 1 N–H and O–H groups in total. The van der Waals surface area contributed by atoms with Gasteiger partial charge in [-0.2, -0.15) is 0 Å². The summed E-state index contributed by atoms with van der Waals surface area (Å²) in [5, 5.41) is 3.52. The quantitative estimate of drug-likeness (QED) is 0.647. The van der Waals surface area contributed by atoms with Crippen molar-refractivity contribution in [1.82, 2.24) is 5.32 Å². The van der Waals surface area contributed by atoms with Crippen molar-refractivity contribution in [1.29, 1.82) is 0 Å². The maximum absolute atomic E-state index is 5.37. The largest absolute Gasteiger partial charge is 0.381 e. The van der Waals surface area contributed by atoms with Gasteiger partial charge in [0.2, 0.25) is 0 Å². The van der Waals surface area contributed by atoms with Crippen LogP contribution in [0.2, 0.25) is 0 Å². The molecule has 0 bridgehead atoms. The predicted molar refractivity (Wildman–Crippen MR) is 58.3 cm³/mol. The van der Waals surface area contributed by atoms with Crippen LogP contribution in [0.3, 0.4) is 0 Å². The average molecular weight is 195 g/mol. The molecule has 80 valence electrons. The molecule has 0 aliphatic carbocycles. The second-order valence-corrected chi connectivity index (χ2v) is 4.47. The minimum atomic E-state index is 0.603. The number of hydrogen-bond donors (Lipinski definition) is 1. The molecule has 2 fully saturated rings. The number of piperidine rings is 1. The van der Waals surface area contributed by atoms with Gasteiger partial charge in [0.15, 0.2) is 0 Å². The lowest BCUT2D eigenvalue weighted by Gasteiger charge is -2.26. The van der Waals surface area contributed by atoms with E-state index in [4.69, 9.17) is 4.74 Å². The third-order valence-corrected chi connectivity index (χ3v) is 3.36. The minimum absolute atomic E-state index is 0.603. The maximum atomic E-state index is 5.37. The van der Waals surface area contributed by atoms with Crippen molar-refractivity contribution in [2.75, 3.05) is 19.8 Å². The van der Waals surface area contributed by atoms with Gasteiger partial charge in [-0.1, -0.05) is 11.6 Å². The van der Waals surface area contributed by atoms with Crippen LogP contribution in [-0.2, 0) is 4.74 Å². The van der Waals surface area contributed by atoms with Crippen molar-refractivity contribution >= 4 is 0 Å². The van der Waals surface area contributed by atoms with Crippen molar-refractivity contribution in [3.05, 3.63) is 11.6 Å². The Kier molecular flexibility index (Phi) is 3.60. The van der Waals surface area contributed by atoms with Gasteiger partial charge < -0.3 is 10.1 Å². The van der Waals surface area contributed by atoms with Gasteiger partial charge in [0.1, 0.15) is 0 Å². The SMILES string of the molecule is CC1NCCC/C1=C/C1CCOCC1. The summed E-state index contributed by atoms with van der Waals surface area (Å²) in [6.07, 6.45) is 7.55. The third-order valence-electron chi connectivity index (χ3n) is 3.36. The fourth-order valence-corrected chi connectivity index (χ4v) is 2.37. The molecule has 0 radical (unpaired) electrons. The molecular weight excluding hydrogens is 174 g/mol. The molecule has 2 nitrogen and oxygen atoms in total. The van der Waals surface area contributed by atoms with Crippen molar-refractivity contribution < 1.29 is 4.74 Å². The molecule has 2 rings (SSSR count). The first kappa shape index (κ1) is 10.2. The average Bonchev–Trinajstić information content (AvgIpc) is 2.23. The lowest BCUT2D eigenvalue weighted by atomic mass is 9.91. The van der Waals surface area contributed by atoms with Crippen LogP contribution in [0.4, 0.5) is 0 Å². The number of allylic oxidation sites excluding steroid dienone is 1. The summed E-state index contributed by atoms with van der Waals surface area (Å²) >= 11 is 0. The van der Waals surface area contributed by atoms with Crippen molar-refractivity contribution in [2.24, 2.45) is 5.92 Å². The van der Waals surface area contributed by atoms with Crippen LogP contribution in [0, 0.1) is 5.92 Å². The molecule has 2 heteroatoms. The van der Waals surface area contributed by atoms with E-state index in [1.165, 1.54) is 32.2 Å². The molecule has 2 heterocycles. The van der Waals surface area contributed by atoms with Gasteiger partial charge in [-0.3, -0.25) is 0 Å². The molecular formula is C12H21NO. The Labute approximate surface area is 86.7 Å². The predicted octanol–water partition coefficient (Wildman–Crippen LogP) is 2.11. The Morgan fingerprint density at radius 2 is 2.14 bits per heavy atom. The van der Waals surface area contributed by atoms with Gasteiger partial charge in [-0.05, 0) is 45.1 Å². The van der Waals surface area contributed by atoms with Crippen LogP contribution in [0.5, 0.6) is 0 Å². The van der Waals surface area contributed by atoms with Gasteiger partial charge in [-0.15, -0.1) is 0 Å². The van der Waals surface area contributed by atoms with E-state index in [9.17, 15) is 0 Å². The van der Waals surface area contributed by atoms with Crippen LogP contribution in [0.15, 0.2) is 11.6 Å². The zero-order valence-electron chi connectivity index (χ0n) is 9.09. The van der Waals surface area contributed by atoms with E-state index >= 15 is 0 Å². The standard InChI is InChI=1S/C12H21NO/c1-10-12(3-2-6-13-10)9-11-4-7-14-8-5-11/h9-11,13H,2-8H2,1H3/b12-9-. The fourth-order valence-electron chi connectivity index (χ4n) is 2.37. The summed E-state index contributed by atoms with van der Waals surface area (Å²) in [4.78, 5) is 0. The Hall–Kier alpha value is -0.340. The zero-order valence-corrected chi connectivity index (χ0v) is 9.09. The van der Waals surface area contributed by atoms with E-state index in [1.54, 1.807) is 5.57 Å². The van der Waals surface area contributed by atoms with Crippen molar-refractivity contribution in [2.45, 2.75) is 38.6 Å². The monoisotopic (exact) mass is 195 g/mol. The smallest absolute Gasteiger partial charge is 0.0471 e. The molecule has 0 aromatic carbocycles. The minimum Gasteiger partial charge on any atom is -0.381 e. The molecule has 14 heavy (non-hydrogen) atoms. The lowest BCUT2D eigenvalue weighted by Crippen LogP contribution is -2.33. The van der Waals surface area contributed by atoms with Crippen LogP contribution in [0.1, 0.15) is 32.6 Å². The summed E-state index contributed by atoms with van der Waals surface area (Å²) in [7, 11) is 0. The van der Waals surface area contributed by atoms with E-state index in [-0.39, 0.29) is 0 Å². The number of rotatable bonds is 1. The summed E-state index contributed by atoms with van der Waals surface area (Å²) < 4.78 is 5.37. The maximum Gasteiger partial charge on any atom is 0.0471 e. The van der Waals surface area contributed by atoms with Crippen molar-refractivity contribution in [3.63, 3.8) is 0 Å². The molecule has 1 unspecified atom stereocenters. The molecule has 0 saturated carbocycles. The van der Waals surface area contributed by atoms with E-state index in [0.717, 1.165) is 19.1 Å². The van der Waals surface area contributed by atoms with Crippen LogP contribution in [-0.4, -0.2) is 25.8 Å². The third kappa shape index (κ3) is 2.58. The Morgan fingerprint density at radius 3 is 2.86 bits per heavy atom. The second kappa shape index (κ2) is 4.94. The Bertz CT molecular complexity index is 206. The summed E-state index contributed by atoms with van der Waals surface area (Å²) in [6, 6.07) is 0.603. The first-order valence-corrected chi connectivity index (χ1v) is 5.88. The summed E-state index contributed by atoms with van der Waals surface area (Å²) in [6.45, 7) is 5.38. The highest BCUT2D eigenvalue weighted by Gasteiger charge is 2.17. The van der Waals surface area contributed by atoms with Gasteiger partial charge in [-0.25, -0.2) is 0 Å². The van der Waals surface area contributed by atoms with E-state index in [1.807, 2.05) is 0 Å². The van der Waals surface area contributed by atoms with Crippen molar-refractivity contribution in [3.8, 4) is 0 Å². The Balaban J connectivity index is 1.93. The second-order valence-electron chi connectivity index (χ2n) is 4.47. The van der Waals surface area contributed by atoms with E-state index in [2.05, 4.69) is 18.3 Å². The van der Waals surface area contributed by atoms with Crippen LogP contribution < -0.4 is 5.32 Å². The zero-order chi connectivity index (χ0) is 9.80. The summed E-state index contributed by atoms with van der Waals surface area (Å²) in [5.41, 5.74) is 1.63. The van der Waals surface area contributed by atoms with Gasteiger partial charge in [0.05, 0.1) is 0 Å². The van der Waals surface area contributed by atoms with Gasteiger partial charge in [0, 0.05) is 19.3 Å². The lowest BCUT2D eigenvalue weighted by molar-refractivity contribution is 0.0782. The number of ether oxygens (including phenoxy) is 1. The van der Waals surface area contributed by atoms with E-state index in [0.29, 0.717) is 6.04 Å². The highest BCUT2D eigenvalue weighted by molar-refractivity contribution is 5.13. The molecule has 0 amide bonds.